The molecule has 8 heteroatoms. The monoisotopic (exact) mass is 390 g/mol. The van der Waals surface area contributed by atoms with Gasteiger partial charge in [0.15, 0.2) is 0 Å². The molecule has 0 bridgehead atoms. The minimum Gasteiger partial charge on any atom is -0.465 e. The molecule has 1 aliphatic rings. The van der Waals surface area contributed by atoms with E-state index in [-0.39, 0.29) is 22.0 Å². The lowest BCUT2D eigenvalue weighted by atomic mass is 10.0. The van der Waals surface area contributed by atoms with Crippen LogP contribution in [-0.4, -0.2) is 24.9 Å². The summed E-state index contributed by atoms with van der Waals surface area (Å²) in [6, 6.07) is 9.99. The first kappa shape index (κ1) is 18.8. The van der Waals surface area contributed by atoms with E-state index in [1.54, 1.807) is 6.07 Å². The second kappa shape index (κ2) is 7.36. The smallest absolute Gasteiger partial charge is 0.337 e. The molecule has 0 heterocycles. The third-order valence-electron chi connectivity index (χ3n) is 4.38. The van der Waals surface area contributed by atoms with E-state index in [1.807, 2.05) is 0 Å². The van der Waals surface area contributed by atoms with Gasteiger partial charge >= 0.3 is 5.97 Å². The number of methoxy groups -OCH3 is 1. The molecule has 0 aliphatic heterocycles. The second-order valence-electron chi connectivity index (χ2n) is 6.16. The maximum atomic E-state index is 13.7. The van der Waals surface area contributed by atoms with E-state index in [4.69, 9.17) is 11.6 Å². The predicted molar refractivity (Wildman–Crippen MR) is 98.1 cm³/mol. The highest BCUT2D eigenvalue weighted by atomic mass is 35.5. The SMILES string of the molecule is COC(=O)c1ccc(Cl)c(NC(=O)C2(C(=O)Nc3ccccc3F)CC2)c1. The van der Waals surface area contributed by atoms with Crippen molar-refractivity contribution in [1.29, 1.82) is 0 Å². The fourth-order valence-corrected chi connectivity index (χ4v) is 2.76. The van der Waals surface area contributed by atoms with E-state index in [1.165, 1.54) is 43.5 Å². The summed E-state index contributed by atoms with van der Waals surface area (Å²) < 4.78 is 18.4. The zero-order valence-electron chi connectivity index (χ0n) is 14.3. The summed E-state index contributed by atoms with van der Waals surface area (Å²) in [5, 5.41) is 5.24. The molecule has 0 atom stereocenters. The Bertz CT molecular complexity index is 928. The predicted octanol–water partition coefficient (Wildman–Crippen LogP) is 3.62. The minimum absolute atomic E-state index is 0.00676. The molecule has 6 nitrogen and oxygen atoms in total. The van der Waals surface area contributed by atoms with Crippen LogP contribution in [0.15, 0.2) is 42.5 Å². The van der Waals surface area contributed by atoms with Crippen LogP contribution in [-0.2, 0) is 14.3 Å². The summed E-state index contributed by atoms with van der Waals surface area (Å²) in [6.07, 6.45) is 0.654. The van der Waals surface area contributed by atoms with Crippen molar-refractivity contribution in [2.24, 2.45) is 5.41 Å². The van der Waals surface area contributed by atoms with Gasteiger partial charge in [0, 0.05) is 0 Å². The highest BCUT2D eigenvalue weighted by Crippen LogP contribution is 2.48. The Morgan fingerprint density at radius 3 is 2.26 bits per heavy atom. The Morgan fingerprint density at radius 1 is 1.04 bits per heavy atom. The number of anilines is 2. The van der Waals surface area contributed by atoms with Gasteiger partial charge in [-0.05, 0) is 43.2 Å². The van der Waals surface area contributed by atoms with Crippen LogP contribution in [0.25, 0.3) is 0 Å². The summed E-state index contributed by atoms with van der Waals surface area (Å²) >= 11 is 6.07. The average molecular weight is 391 g/mol. The summed E-state index contributed by atoms with van der Waals surface area (Å²) in [7, 11) is 1.24. The first-order valence-electron chi connectivity index (χ1n) is 8.13. The molecule has 0 radical (unpaired) electrons. The van der Waals surface area contributed by atoms with E-state index in [9.17, 15) is 18.8 Å². The number of carbonyl (C=O) groups excluding carboxylic acids is 3. The standard InChI is InChI=1S/C19H16ClFN2O4/c1-27-16(24)11-6-7-12(20)15(10-11)23-18(26)19(8-9-19)17(25)22-14-5-3-2-4-13(14)21/h2-7,10H,8-9H2,1H3,(H,22,25)(H,23,26). The number of nitrogens with one attached hydrogen (secondary N) is 2. The van der Waals surface area contributed by atoms with Gasteiger partial charge in [0.2, 0.25) is 11.8 Å². The van der Waals surface area contributed by atoms with Crippen LogP contribution < -0.4 is 10.6 Å². The summed E-state index contributed by atoms with van der Waals surface area (Å²) in [5.74, 6) is -2.33. The van der Waals surface area contributed by atoms with E-state index in [0.29, 0.717) is 12.8 Å². The van der Waals surface area contributed by atoms with Crippen LogP contribution in [0.3, 0.4) is 0 Å². The van der Waals surface area contributed by atoms with E-state index in [0.717, 1.165) is 0 Å². The second-order valence-corrected chi connectivity index (χ2v) is 6.56. The fourth-order valence-electron chi connectivity index (χ4n) is 2.59. The molecule has 1 aliphatic carbocycles. The molecule has 140 valence electrons. The normalized spacial score (nSPS) is 14.2. The highest BCUT2D eigenvalue weighted by Gasteiger charge is 2.56. The lowest BCUT2D eigenvalue weighted by molar-refractivity contribution is -0.131. The van der Waals surface area contributed by atoms with Gasteiger partial charge in [-0.3, -0.25) is 9.59 Å². The summed E-state index contributed by atoms with van der Waals surface area (Å²) in [6.45, 7) is 0. The van der Waals surface area contributed by atoms with Gasteiger partial charge in [0.25, 0.3) is 0 Å². The Hall–Kier alpha value is -2.93. The van der Waals surface area contributed by atoms with E-state index < -0.39 is 29.0 Å². The Labute approximate surface area is 159 Å². The van der Waals surface area contributed by atoms with Crippen LogP contribution in [0.1, 0.15) is 23.2 Å². The third kappa shape index (κ3) is 3.78. The molecule has 0 unspecified atom stereocenters. The van der Waals surface area contributed by atoms with Crippen molar-refractivity contribution < 1.29 is 23.5 Å². The highest BCUT2D eigenvalue weighted by molar-refractivity contribution is 6.34. The number of carbonyl (C=O) groups is 3. The van der Waals surface area contributed by atoms with Crippen LogP contribution in [0.4, 0.5) is 15.8 Å². The Kier molecular flexibility index (Phi) is 5.14. The van der Waals surface area contributed by atoms with Crippen LogP contribution in [0, 0.1) is 11.2 Å². The first-order valence-corrected chi connectivity index (χ1v) is 8.50. The maximum absolute atomic E-state index is 13.7. The number of benzene rings is 2. The molecule has 0 spiro atoms. The maximum Gasteiger partial charge on any atom is 0.337 e. The number of amides is 2. The number of halogens is 2. The zero-order valence-corrected chi connectivity index (χ0v) is 15.1. The number of ether oxygens (including phenoxy) is 1. The van der Waals surface area contributed by atoms with Crippen molar-refractivity contribution in [2.45, 2.75) is 12.8 Å². The van der Waals surface area contributed by atoms with Gasteiger partial charge < -0.3 is 15.4 Å². The first-order chi connectivity index (χ1) is 12.9. The lowest BCUT2D eigenvalue weighted by Crippen LogP contribution is -2.36. The van der Waals surface area contributed by atoms with E-state index in [2.05, 4.69) is 15.4 Å². The quantitative estimate of drug-likeness (QED) is 0.603. The summed E-state index contributed by atoms with van der Waals surface area (Å²) in [4.78, 5) is 36.9. The van der Waals surface area contributed by atoms with Crippen LogP contribution in [0.2, 0.25) is 5.02 Å². The molecule has 1 fully saturated rings. The van der Waals surface area contributed by atoms with Crippen molar-refractivity contribution >= 4 is 40.8 Å². The molecule has 0 aromatic heterocycles. The molecule has 0 saturated heterocycles. The fraction of sp³-hybridized carbons (Fsp3) is 0.211. The van der Waals surface area contributed by atoms with Crippen molar-refractivity contribution in [3.63, 3.8) is 0 Å². The van der Waals surface area contributed by atoms with Crippen LogP contribution >= 0.6 is 11.6 Å². The topological polar surface area (TPSA) is 84.5 Å². The van der Waals surface area contributed by atoms with Crippen molar-refractivity contribution in [1.82, 2.24) is 0 Å². The van der Waals surface area contributed by atoms with Gasteiger partial charge in [-0.25, -0.2) is 9.18 Å². The molecule has 27 heavy (non-hydrogen) atoms. The van der Waals surface area contributed by atoms with E-state index >= 15 is 0 Å². The van der Waals surface area contributed by atoms with Gasteiger partial charge in [0.05, 0.1) is 29.1 Å². The Balaban J connectivity index is 1.77. The molecule has 1 saturated carbocycles. The number of hydrogen-bond acceptors (Lipinski definition) is 4. The molecular formula is C19H16ClFN2O4. The van der Waals surface area contributed by atoms with Gasteiger partial charge in [-0.2, -0.15) is 0 Å². The average Bonchev–Trinajstić information content (AvgIpc) is 3.47. The van der Waals surface area contributed by atoms with Crippen LogP contribution in [0.5, 0.6) is 0 Å². The van der Waals surface area contributed by atoms with Crippen molar-refractivity contribution in [3.05, 3.63) is 58.9 Å². The number of hydrogen-bond donors (Lipinski definition) is 2. The van der Waals surface area contributed by atoms with Gasteiger partial charge in [-0.15, -0.1) is 0 Å². The lowest BCUT2D eigenvalue weighted by Gasteiger charge is -2.16. The zero-order chi connectivity index (χ0) is 19.6. The number of rotatable bonds is 5. The Morgan fingerprint density at radius 2 is 1.67 bits per heavy atom. The number of esters is 1. The number of para-hydroxylation sites is 1. The molecule has 2 aromatic rings. The molecule has 3 rings (SSSR count). The van der Waals surface area contributed by atoms with Gasteiger partial charge in [0.1, 0.15) is 11.2 Å². The molecule has 2 amide bonds. The minimum atomic E-state index is -1.30. The van der Waals surface area contributed by atoms with Crippen molar-refractivity contribution in [3.8, 4) is 0 Å². The molecule has 2 N–H and O–H groups in total. The van der Waals surface area contributed by atoms with Gasteiger partial charge in [-0.1, -0.05) is 23.7 Å². The molecular weight excluding hydrogens is 375 g/mol. The van der Waals surface area contributed by atoms with Crippen molar-refractivity contribution in [2.75, 3.05) is 17.7 Å². The largest absolute Gasteiger partial charge is 0.465 e. The summed E-state index contributed by atoms with van der Waals surface area (Å²) in [5.41, 5.74) is -0.896. The third-order valence-corrected chi connectivity index (χ3v) is 4.71. The molecule has 2 aromatic carbocycles.